The van der Waals surface area contributed by atoms with Crippen LogP contribution in [0.3, 0.4) is 0 Å². The Morgan fingerprint density at radius 2 is 0.481 bits per heavy atom. The molecule has 0 aliphatic heterocycles. The minimum atomic E-state index is -2.90. The number of anilines is 2. The van der Waals surface area contributed by atoms with Gasteiger partial charge in [-0.2, -0.15) is 0 Å². The molecule has 0 bridgehead atoms. The van der Waals surface area contributed by atoms with Crippen LogP contribution in [0.2, 0.25) is 0 Å². The quantitative estimate of drug-likeness (QED) is 0.138. The summed E-state index contributed by atoms with van der Waals surface area (Å²) in [7, 11) is -5.81. The number of aryl methyl sites for hydroxylation is 6. The molecule has 0 unspecified atom stereocenters. The zero-order valence-corrected chi connectivity index (χ0v) is 33.2. The SMILES string of the molecule is Cc1cccc([PH](Nc2ccccc2N[PH](c2cccc(C)c2)(c2cccc(C)c2)c2cccc(C)c2)(c2cccc(C)c2)c2cccc(C)c2)c1. The van der Waals surface area contributed by atoms with Gasteiger partial charge in [-0.3, -0.25) is 0 Å². The van der Waals surface area contributed by atoms with Gasteiger partial charge in [0.1, 0.15) is 0 Å². The molecule has 4 heteroatoms. The average molecular weight is 717 g/mol. The molecule has 0 spiro atoms. The van der Waals surface area contributed by atoms with Crippen LogP contribution in [0.25, 0.3) is 0 Å². The molecule has 2 nitrogen and oxygen atoms in total. The maximum atomic E-state index is 4.40. The molecule has 262 valence electrons. The molecule has 0 heterocycles. The minimum absolute atomic E-state index is 1.10. The van der Waals surface area contributed by atoms with Crippen molar-refractivity contribution >= 4 is 58.0 Å². The third-order valence-corrected chi connectivity index (χ3v) is 18.6. The van der Waals surface area contributed by atoms with Gasteiger partial charge < -0.3 is 0 Å². The van der Waals surface area contributed by atoms with E-state index in [9.17, 15) is 0 Å². The molecule has 0 saturated carbocycles. The second-order valence-corrected chi connectivity index (χ2v) is 21.5. The second kappa shape index (κ2) is 14.9. The van der Waals surface area contributed by atoms with Crippen molar-refractivity contribution < 1.29 is 0 Å². The molecule has 7 aromatic rings. The standard InChI is InChI=1S/C48H50N2P2/c1-35-15-9-21-41(29-35)51(42-22-10-16-36(2)30-42,43-23-11-17-37(3)31-43)49-47-27-7-8-28-48(47)50-52(44-24-12-18-38(4)32-44,45-25-13-19-39(5)33-45)46-26-14-20-40(6)34-46/h7-34,49-52H,1-6H3. The van der Waals surface area contributed by atoms with Gasteiger partial charge in [0.15, 0.2) is 0 Å². The van der Waals surface area contributed by atoms with Crippen molar-refractivity contribution in [2.45, 2.75) is 41.5 Å². The summed E-state index contributed by atoms with van der Waals surface area (Å²) in [5.41, 5.74) is 9.74. The number of hydrogen-bond donors (Lipinski definition) is 2. The Bertz CT molecular complexity index is 1970. The molecular formula is C48H50N2P2. The molecule has 0 aliphatic rings. The van der Waals surface area contributed by atoms with Crippen LogP contribution in [0.5, 0.6) is 0 Å². The Balaban J connectivity index is 1.52. The molecule has 0 amide bonds. The van der Waals surface area contributed by atoms with Gasteiger partial charge in [-0.15, -0.1) is 0 Å². The van der Waals surface area contributed by atoms with E-state index < -0.39 is 14.8 Å². The molecule has 52 heavy (non-hydrogen) atoms. The van der Waals surface area contributed by atoms with Crippen molar-refractivity contribution in [1.29, 1.82) is 0 Å². The first kappa shape index (κ1) is 35.4. The molecule has 7 rings (SSSR count). The molecule has 0 radical (unpaired) electrons. The van der Waals surface area contributed by atoms with E-state index in [0.29, 0.717) is 0 Å². The van der Waals surface area contributed by atoms with E-state index in [2.05, 4.69) is 222 Å². The van der Waals surface area contributed by atoms with Crippen LogP contribution in [0, 0.1) is 41.5 Å². The number of para-hydroxylation sites is 2. The number of nitrogens with one attached hydrogen (secondary N) is 2. The predicted octanol–water partition coefficient (Wildman–Crippen LogP) is 9.64. The zero-order valence-electron chi connectivity index (χ0n) is 31.2. The summed E-state index contributed by atoms with van der Waals surface area (Å²) >= 11 is 0. The summed E-state index contributed by atoms with van der Waals surface area (Å²) in [6.45, 7) is 13.2. The van der Waals surface area contributed by atoms with E-state index in [4.69, 9.17) is 0 Å². The molecule has 7 aromatic carbocycles. The summed E-state index contributed by atoms with van der Waals surface area (Å²) in [6, 6.07) is 63.8. The molecule has 0 aromatic heterocycles. The topological polar surface area (TPSA) is 24.1 Å². The van der Waals surface area contributed by atoms with Crippen LogP contribution in [0.4, 0.5) is 11.4 Å². The molecule has 0 saturated heterocycles. The van der Waals surface area contributed by atoms with Gasteiger partial charge in [-0.1, -0.05) is 0 Å². The van der Waals surface area contributed by atoms with E-state index >= 15 is 0 Å². The molecule has 0 fully saturated rings. The van der Waals surface area contributed by atoms with Crippen molar-refractivity contribution in [2.75, 3.05) is 10.2 Å². The van der Waals surface area contributed by atoms with Crippen LogP contribution >= 0.6 is 14.8 Å². The van der Waals surface area contributed by atoms with E-state index in [1.165, 1.54) is 65.2 Å². The maximum absolute atomic E-state index is 4.40. The average Bonchev–Trinajstić information content (AvgIpc) is 3.13. The summed E-state index contributed by atoms with van der Waals surface area (Å²) in [6.07, 6.45) is 0. The fourth-order valence-electron chi connectivity index (χ4n) is 7.81. The van der Waals surface area contributed by atoms with Gasteiger partial charge in [0.25, 0.3) is 0 Å². The summed E-state index contributed by atoms with van der Waals surface area (Å²) < 4.78 is 0. The number of rotatable bonds is 10. The first-order valence-corrected chi connectivity index (χ1v) is 22.3. The Labute approximate surface area is 311 Å². The summed E-state index contributed by atoms with van der Waals surface area (Å²) in [5, 5.41) is 16.8. The molecule has 0 atom stereocenters. The van der Waals surface area contributed by atoms with Crippen molar-refractivity contribution in [1.82, 2.24) is 0 Å². The monoisotopic (exact) mass is 716 g/mol. The Morgan fingerprint density at radius 3 is 0.673 bits per heavy atom. The van der Waals surface area contributed by atoms with Crippen molar-refractivity contribution in [2.24, 2.45) is 0 Å². The van der Waals surface area contributed by atoms with E-state index in [1.807, 2.05) is 0 Å². The predicted molar refractivity (Wildman–Crippen MR) is 235 cm³/mol. The Morgan fingerprint density at radius 1 is 0.269 bits per heavy atom. The fraction of sp³-hybridized carbons (Fsp3) is 0.125. The zero-order chi connectivity index (χ0) is 36.3. The van der Waals surface area contributed by atoms with E-state index in [0.717, 1.165) is 11.4 Å². The van der Waals surface area contributed by atoms with E-state index in [-0.39, 0.29) is 0 Å². The first-order valence-electron chi connectivity index (χ1n) is 18.3. The number of hydrogen-bond acceptors (Lipinski definition) is 2. The molecule has 0 aliphatic carbocycles. The molecular weight excluding hydrogens is 666 g/mol. The Hall–Kier alpha value is -5.00. The van der Waals surface area contributed by atoms with Crippen LogP contribution in [0.15, 0.2) is 170 Å². The number of benzene rings is 7. The van der Waals surface area contributed by atoms with Crippen molar-refractivity contribution in [3.63, 3.8) is 0 Å². The fourth-order valence-corrected chi connectivity index (χ4v) is 16.7. The third-order valence-electron chi connectivity index (χ3n) is 10.3. The first-order chi connectivity index (χ1) is 25.2. The van der Waals surface area contributed by atoms with Gasteiger partial charge in [0.05, 0.1) is 0 Å². The van der Waals surface area contributed by atoms with Crippen LogP contribution in [0.1, 0.15) is 33.4 Å². The second-order valence-electron chi connectivity index (χ2n) is 14.5. The van der Waals surface area contributed by atoms with Gasteiger partial charge in [-0.25, -0.2) is 0 Å². The van der Waals surface area contributed by atoms with Crippen LogP contribution in [-0.2, 0) is 0 Å². The normalized spacial score (nSPS) is 12.3. The third kappa shape index (κ3) is 6.95. The van der Waals surface area contributed by atoms with Gasteiger partial charge >= 0.3 is 313 Å². The van der Waals surface area contributed by atoms with Gasteiger partial charge in [-0.05, 0) is 0 Å². The summed E-state index contributed by atoms with van der Waals surface area (Å²) in [4.78, 5) is 0. The van der Waals surface area contributed by atoms with Gasteiger partial charge in [0, 0.05) is 0 Å². The van der Waals surface area contributed by atoms with Gasteiger partial charge in [0.2, 0.25) is 0 Å². The van der Waals surface area contributed by atoms with Crippen molar-refractivity contribution in [3.05, 3.63) is 203 Å². The molecule has 2 N–H and O–H groups in total. The van der Waals surface area contributed by atoms with Crippen LogP contribution in [-0.4, -0.2) is 0 Å². The summed E-state index contributed by atoms with van der Waals surface area (Å²) in [5.74, 6) is 0. The van der Waals surface area contributed by atoms with Crippen LogP contribution < -0.4 is 42.0 Å². The van der Waals surface area contributed by atoms with E-state index in [1.54, 1.807) is 0 Å². The Kier molecular flexibility index (Phi) is 10.2. The van der Waals surface area contributed by atoms with Crippen molar-refractivity contribution in [3.8, 4) is 0 Å².